The molecule has 0 spiro atoms. The zero-order valence-electron chi connectivity index (χ0n) is 12.2. The van der Waals surface area contributed by atoms with Gasteiger partial charge in [-0.2, -0.15) is 0 Å². The Kier molecular flexibility index (Phi) is 4.08. The van der Waals surface area contributed by atoms with Gasteiger partial charge in [-0.3, -0.25) is 0 Å². The fraction of sp³-hybridized carbons (Fsp3) is 0.412. The minimum Gasteiger partial charge on any atom is -0.360 e. The zero-order chi connectivity index (χ0) is 13.9. The Labute approximate surface area is 125 Å². The van der Waals surface area contributed by atoms with Crippen LogP contribution in [-0.2, 0) is 6.42 Å². The van der Waals surface area contributed by atoms with Crippen molar-refractivity contribution in [2.24, 2.45) is 0 Å². The first-order valence-electron chi connectivity index (χ1n) is 7.35. The summed E-state index contributed by atoms with van der Waals surface area (Å²) in [6, 6.07) is 14.4. The largest absolute Gasteiger partial charge is 0.360 e. The molecule has 1 aliphatic heterocycles. The van der Waals surface area contributed by atoms with Crippen LogP contribution in [0, 0.1) is 0 Å². The van der Waals surface area contributed by atoms with Crippen molar-refractivity contribution in [2.75, 3.05) is 18.5 Å². The van der Waals surface area contributed by atoms with Crippen molar-refractivity contribution >= 4 is 17.0 Å². The first kappa shape index (κ1) is 13.7. The van der Waals surface area contributed by atoms with E-state index in [0.717, 1.165) is 19.4 Å². The molecule has 106 valence electrons. The van der Waals surface area contributed by atoms with E-state index >= 15 is 0 Å². The predicted molar refractivity (Wildman–Crippen MR) is 87.7 cm³/mol. The Bertz CT molecular complexity index is 550. The van der Waals surface area contributed by atoms with E-state index in [2.05, 4.69) is 58.9 Å². The van der Waals surface area contributed by atoms with E-state index in [-0.39, 0.29) is 0 Å². The summed E-state index contributed by atoms with van der Waals surface area (Å²) in [6.07, 6.45) is 2.31. The Morgan fingerprint density at radius 3 is 2.90 bits per heavy atom. The van der Waals surface area contributed by atoms with E-state index in [1.807, 2.05) is 18.4 Å². The van der Waals surface area contributed by atoms with Gasteiger partial charge in [0.05, 0.1) is 6.04 Å². The van der Waals surface area contributed by atoms with E-state index in [0.29, 0.717) is 12.1 Å². The molecule has 0 amide bonds. The molecule has 1 aliphatic rings. The lowest BCUT2D eigenvalue weighted by Gasteiger charge is -2.34. The molecule has 2 atom stereocenters. The van der Waals surface area contributed by atoms with Crippen LogP contribution in [0.4, 0.5) is 5.69 Å². The number of nitrogens with one attached hydrogen (secondary N) is 1. The molecule has 2 heterocycles. The lowest BCUT2D eigenvalue weighted by atomic mass is 10.1. The maximum absolute atomic E-state index is 3.30. The SMILES string of the molecule is CNCC[C@@H](c1cccs1)N1c2ccccc2C[C@H]1C. The number of fused-ring (bicyclic) bond motifs is 1. The second-order valence-corrected chi connectivity index (χ2v) is 6.49. The monoisotopic (exact) mass is 286 g/mol. The van der Waals surface area contributed by atoms with Crippen LogP contribution < -0.4 is 10.2 Å². The average Bonchev–Trinajstić information content (AvgIpc) is 3.08. The Morgan fingerprint density at radius 1 is 1.30 bits per heavy atom. The average molecular weight is 286 g/mol. The fourth-order valence-corrected chi connectivity index (χ4v) is 4.10. The van der Waals surface area contributed by atoms with Crippen LogP contribution in [0.25, 0.3) is 0 Å². The summed E-state index contributed by atoms with van der Waals surface area (Å²) in [5.41, 5.74) is 2.92. The molecular formula is C17H22N2S. The first-order chi connectivity index (χ1) is 9.81. The Balaban J connectivity index is 1.94. The summed E-state index contributed by atoms with van der Waals surface area (Å²) in [4.78, 5) is 4.10. The zero-order valence-corrected chi connectivity index (χ0v) is 13.0. The van der Waals surface area contributed by atoms with Crippen molar-refractivity contribution in [1.29, 1.82) is 0 Å². The van der Waals surface area contributed by atoms with Crippen molar-refractivity contribution in [2.45, 2.75) is 31.8 Å². The summed E-state index contributed by atoms with van der Waals surface area (Å²) in [7, 11) is 2.03. The van der Waals surface area contributed by atoms with Gasteiger partial charge in [0.1, 0.15) is 0 Å². The number of thiophene rings is 1. The van der Waals surface area contributed by atoms with Gasteiger partial charge in [-0.1, -0.05) is 24.3 Å². The number of benzene rings is 1. The molecule has 2 aromatic rings. The smallest absolute Gasteiger partial charge is 0.0650 e. The second kappa shape index (κ2) is 5.98. The van der Waals surface area contributed by atoms with Crippen LogP contribution in [0.3, 0.4) is 0 Å². The van der Waals surface area contributed by atoms with E-state index in [4.69, 9.17) is 0 Å². The maximum Gasteiger partial charge on any atom is 0.0650 e. The molecule has 1 N–H and O–H groups in total. The quantitative estimate of drug-likeness (QED) is 0.898. The maximum atomic E-state index is 3.30. The summed E-state index contributed by atoms with van der Waals surface area (Å²) in [6.45, 7) is 3.40. The summed E-state index contributed by atoms with van der Waals surface area (Å²) >= 11 is 1.88. The Morgan fingerprint density at radius 2 is 2.15 bits per heavy atom. The summed E-state index contributed by atoms with van der Waals surface area (Å²) in [5.74, 6) is 0. The number of nitrogens with zero attached hydrogens (tertiary/aromatic N) is 1. The van der Waals surface area contributed by atoms with Gasteiger partial charge in [0, 0.05) is 16.6 Å². The third-order valence-electron chi connectivity index (χ3n) is 4.14. The molecule has 0 unspecified atom stereocenters. The van der Waals surface area contributed by atoms with Crippen LogP contribution in [0.15, 0.2) is 41.8 Å². The molecule has 20 heavy (non-hydrogen) atoms. The highest BCUT2D eigenvalue weighted by molar-refractivity contribution is 7.10. The molecule has 0 fully saturated rings. The highest BCUT2D eigenvalue weighted by atomic mass is 32.1. The van der Waals surface area contributed by atoms with E-state index < -0.39 is 0 Å². The lowest BCUT2D eigenvalue weighted by Crippen LogP contribution is -2.34. The highest BCUT2D eigenvalue weighted by Crippen LogP contribution is 2.40. The fourth-order valence-electron chi connectivity index (χ4n) is 3.24. The minimum atomic E-state index is 0.487. The van der Waals surface area contributed by atoms with Crippen LogP contribution in [0.2, 0.25) is 0 Å². The third kappa shape index (κ3) is 2.48. The number of hydrogen-bond acceptors (Lipinski definition) is 3. The molecule has 3 heteroatoms. The van der Waals surface area contributed by atoms with Crippen LogP contribution >= 0.6 is 11.3 Å². The third-order valence-corrected chi connectivity index (χ3v) is 5.11. The predicted octanol–water partition coefficient (Wildman–Crippen LogP) is 3.85. The first-order valence-corrected chi connectivity index (χ1v) is 8.23. The standard InChI is InChI=1S/C17H22N2S/c1-13-12-14-6-3-4-7-15(14)19(13)16(9-10-18-2)17-8-5-11-20-17/h3-8,11,13,16,18H,9-10,12H2,1-2H3/t13-,16+/m1/s1. The molecule has 0 bridgehead atoms. The number of rotatable bonds is 5. The topological polar surface area (TPSA) is 15.3 Å². The van der Waals surface area contributed by atoms with Gasteiger partial charge in [0.25, 0.3) is 0 Å². The van der Waals surface area contributed by atoms with Crippen LogP contribution in [-0.4, -0.2) is 19.6 Å². The molecule has 1 aromatic heterocycles. The summed E-state index contributed by atoms with van der Waals surface area (Å²) < 4.78 is 0. The summed E-state index contributed by atoms with van der Waals surface area (Å²) in [5, 5.41) is 5.49. The van der Waals surface area contributed by atoms with Gasteiger partial charge in [-0.05, 0) is 56.4 Å². The highest BCUT2D eigenvalue weighted by Gasteiger charge is 2.32. The van der Waals surface area contributed by atoms with Crippen molar-refractivity contribution in [3.63, 3.8) is 0 Å². The molecule has 0 aliphatic carbocycles. The van der Waals surface area contributed by atoms with Gasteiger partial charge in [0.2, 0.25) is 0 Å². The van der Waals surface area contributed by atoms with Crippen molar-refractivity contribution in [1.82, 2.24) is 5.32 Å². The number of hydrogen-bond donors (Lipinski definition) is 1. The van der Waals surface area contributed by atoms with Gasteiger partial charge in [0.15, 0.2) is 0 Å². The molecule has 3 rings (SSSR count). The molecule has 0 radical (unpaired) electrons. The lowest BCUT2D eigenvalue weighted by molar-refractivity contribution is 0.526. The van der Waals surface area contributed by atoms with Gasteiger partial charge < -0.3 is 10.2 Å². The van der Waals surface area contributed by atoms with Crippen LogP contribution in [0.1, 0.15) is 29.8 Å². The van der Waals surface area contributed by atoms with E-state index in [1.54, 1.807) is 0 Å². The number of anilines is 1. The van der Waals surface area contributed by atoms with E-state index in [1.165, 1.54) is 16.1 Å². The molecular weight excluding hydrogens is 264 g/mol. The minimum absolute atomic E-state index is 0.487. The number of para-hydroxylation sites is 1. The van der Waals surface area contributed by atoms with Gasteiger partial charge in [-0.15, -0.1) is 11.3 Å². The van der Waals surface area contributed by atoms with Crippen molar-refractivity contribution < 1.29 is 0 Å². The molecule has 0 saturated heterocycles. The molecule has 1 aromatic carbocycles. The van der Waals surface area contributed by atoms with Crippen molar-refractivity contribution in [3.05, 3.63) is 52.2 Å². The van der Waals surface area contributed by atoms with Crippen molar-refractivity contribution in [3.8, 4) is 0 Å². The molecule has 0 saturated carbocycles. The normalized spacial score (nSPS) is 19.1. The van der Waals surface area contributed by atoms with E-state index in [9.17, 15) is 0 Å². The molecule has 2 nitrogen and oxygen atoms in total. The Hall–Kier alpha value is -1.32. The van der Waals surface area contributed by atoms with Gasteiger partial charge in [-0.25, -0.2) is 0 Å². The van der Waals surface area contributed by atoms with Gasteiger partial charge >= 0.3 is 0 Å². The van der Waals surface area contributed by atoms with Crippen LogP contribution in [0.5, 0.6) is 0 Å². The second-order valence-electron chi connectivity index (χ2n) is 5.51.